The molecule has 2 rings (SSSR count). The molecule has 0 aliphatic rings. The van der Waals surface area contributed by atoms with Gasteiger partial charge in [0, 0.05) is 10.6 Å². The van der Waals surface area contributed by atoms with Crippen LogP contribution in [0, 0.1) is 0 Å². The Kier molecular flexibility index (Phi) is 4.65. The van der Waals surface area contributed by atoms with Crippen molar-refractivity contribution in [3.05, 3.63) is 58.6 Å². The minimum Gasteiger partial charge on any atom is -0.457 e. The molecule has 0 atom stereocenters. The van der Waals surface area contributed by atoms with Crippen LogP contribution in [0.4, 0.5) is 0 Å². The highest BCUT2D eigenvalue weighted by Crippen LogP contribution is 2.29. The van der Waals surface area contributed by atoms with E-state index in [9.17, 15) is 9.59 Å². The van der Waals surface area contributed by atoms with Crippen molar-refractivity contribution < 1.29 is 14.3 Å². The van der Waals surface area contributed by atoms with Gasteiger partial charge in [0.05, 0.1) is 5.56 Å². The van der Waals surface area contributed by atoms with Crippen LogP contribution < -0.4 is 4.74 Å². The van der Waals surface area contributed by atoms with Crippen molar-refractivity contribution in [2.75, 3.05) is 0 Å². The minimum absolute atomic E-state index is 0.142. The van der Waals surface area contributed by atoms with Gasteiger partial charge in [-0.25, -0.2) is 0 Å². The second-order valence-electron chi connectivity index (χ2n) is 3.81. The van der Waals surface area contributed by atoms with E-state index in [1.54, 1.807) is 24.3 Å². The maximum Gasteiger partial charge on any atom is 0.256 e. The van der Waals surface area contributed by atoms with E-state index in [4.69, 9.17) is 39.5 Å². The van der Waals surface area contributed by atoms with E-state index in [0.29, 0.717) is 10.8 Å². The Hall–Kier alpha value is -1.55. The molecule has 0 fully saturated rings. The SMILES string of the molecule is O=C(Cl)c1ccc(C(=O)Cl)c(Oc2ccc(Cl)cc2)c1. The number of rotatable bonds is 4. The standard InChI is InChI=1S/C14H7Cl3O3/c15-9-2-4-10(5-3-9)20-12-7-8(13(16)18)1-6-11(12)14(17)19/h1-7H. The largest absolute Gasteiger partial charge is 0.457 e. The third-order valence-electron chi connectivity index (χ3n) is 2.46. The first-order valence-corrected chi connectivity index (χ1v) is 6.58. The molecule has 20 heavy (non-hydrogen) atoms. The summed E-state index contributed by atoms with van der Waals surface area (Å²) in [7, 11) is 0. The van der Waals surface area contributed by atoms with Gasteiger partial charge in [0.15, 0.2) is 0 Å². The molecule has 0 N–H and O–H groups in total. The summed E-state index contributed by atoms with van der Waals surface area (Å²) in [4.78, 5) is 22.5. The van der Waals surface area contributed by atoms with E-state index in [-0.39, 0.29) is 16.9 Å². The summed E-state index contributed by atoms with van der Waals surface area (Å²) in [5, 5.41) is -0.794. The molecule has 0 saturated heterocycles. The first-order valence-electron chi connectivity index (χ1n) is 5.44. The lowest BCUT2D eigenvalue weighted by molar-refractivity contribution is 0.106. The maximum atomic E-state index is 11.3. The fraction of sp³-hybridized carbons (Fsp3) is 0. The van der Waals surface area contributed by atoms with Crippen LogP contribution in [0.3, 0.4) is 0 Å². The fourth-order valence-corrected chi connectivity index (χ4v) is 1.92. The first-order chi connectivity index (χ1) is 9.47. The highest BCUT2D eigenvalue weighted by molar-refractivity contribution is 6.68. The van der Waals surface area contributed by atoms with Crippen LogP contribution in [-0.4, -0.2) is 10.5 Å². The van der Waals surface area contributed by atoms with Crippen LogP contribution in [0.15, 0.2) is 42.5 Å². The van der Waals surface area contributed by atoms with Gasteiger partial charge in [0.25, 0.3) is 10.5 Å². The number of benzene rings is 2. The third kappa shape index (κ3) is 3.51. The molecule has 0 heterocycles. The molecule has 6 heteroatoms. The van der Waals surface area contributed by atoms with Crippen molar-refractivity contribution in [3.8, 4) is 11.5 Å². The summed E-state index contributed by atoms with van der Waals surface area (Å²) in [5.41, 5.74) is 0.348. The molecule has 0 bridgehead atoms. The Bertz CT molecular complexity index is 666. The molecule has 0 aliphatic heterocycles. The molecular weight excluding hydrogens is 323 g/mol. The summed E-state index contributed by atoms with van der Waals surface area (Å²) in [6.07, 6.45) is 0. The number of carbonyl (C=O) groups excluding carboxylic acids is 2. The van der Waals surface area contributed by atoms with Crippen LogP contribution in [0.1, 0.15) is 20.7 Å². The van der Waals surface area contributed by atoms with Gasteiger partial charge in [-0.1, -0.05) is 11.6 Å². The number of hydrogen-bond donors (Lipinski definition) is 0. The van der Waals surface area contributed by atoms with E-state index in [2.05, 4.69) is 0 Å². The van der Waals surface area contributed by atoms with Crippen LogP contribution in [-0.2, 0) is 0 Å². The number of hydrogen-bond acceptors (Lipinski definition) is 3. The highest BCUT2D eigenvalue weighted by Gasteiger charge is 2.14. The Labute approximate surface area is 130 Å². The highest BCUT2D eigenvalue weighted by atomic mass is 35.5. The Morgan fingerprint density at radius 1 is 0.900 bits per heavy atom. The van der Waals surface area contributed by atoms with Crippen molar-refractivity contribution in [3.63, 3.8) is 0 Å². The molecule has 0 radical (unpaired) electrons. The fourth-order valence-electron chi connectivity index (χ4n) is 1.52. The van der Waals surface area contributed by atoms with Crippen molar-refractivity contribution in [1.82, 2.24) is 0 Å². The summed E-state index contributed by atoms with van der Waals surface area (Å²) in [5.74, 6) is 0.603. The zero-order chi connectivity index (χ0) is 14.7. The number of ether oxygens (including phenoxy) is 1. The molecule has 2 aromatic carbocycles. The van der Waals surface area contributed by atoms with E-state index < -0.39 is 10.5 Å². The topological polar surface area (TPSA) is 43.4 Å². The van der Waals surface area contributed by atoms with E-state index in [1.807, 2.05) is 0 Å². The van der Waals surface area contributed by atoms with E-state index in [0.717, 1.165) is 0 Å². The van der Waals surface area contributed by atoms with Gasteiger partial charge in [0.1, 0.15) is 11.5 Å². The third-order valence-corrected chi connectivity index (χ3v) is 3.14. The van der Waals surface area contributed by atoms with Gasteiger partial charge < -0.3 is 4.74 Å². The van der Waals surface area contributed by atoms with Crippen molar-refractivity contribution in [2.24, 2.45) is 0 Å². The molecule has 0 unspecified atom stereocenters. The summed E-state index contributed by atoms with van der Waals surface area (Å²) < 4.78 is 5.54. The average molecular weight is 330 g/mol. The second kappa shape index (κ2) is 6.27. The maximum absolute atomic E-state index is 11.3. The molecule has 3 nitrogen and oxygen atoms in total. The lowest BCUT2D eigenvalue weighted by atomic mass is 10.1. The summed E-state index contributed by atoms with van der Waals surface area (Å²) in [6, 6.07) is 10.7. The lowest BCUT2D eigenvalue weighted by Gasteiger charge is -2.09. The molecule has 0 aromatic heterocycles. The van der Waals surface area contributed by atoms with Crippen LogP contribution >= 0.6 is 34.8 Å². The lowest BCUT2D eigenvalue weighted by Crippen LogP contribution is -1.98. The van der Waals surface area contributed by atoms with Crippen LogP contribution in [0.25, 0.3) is 0 Å². The summed E-state index contributed by atoms with van der Waals surface area (Å²) in [6.45, 7) is 0. The van der Waals surface area contributed by atoms with E-state index >= 15 is 0 Å². The molecule has 0 saturated carbocycles. The molecular formula is C14H7Cl3O3. The molecule has 102 valence electrons. The van der Waals surface area contributed by atoms with Gasteiger partial charge in [-0.2, -0.15) is 0 Å². The average Bonchev–Trinajstić information content (AvgIpc) is 2.41. The van der Waals surface area contributed by atoms with Gasteiger partial charge in [-0.05, 0) is 65.7 Å². The minimum atomic E-state index is -0.692. The van der Waals surface area contributed by atoms with E-state index in [1.165, 1.54) is 18.2 Å². The number of halogens is 3. The molecule has 0 amide bonds. The van der Waals surface area contributed by atoms with Crippen LogP contribution in [0.5, 0.6) is 11.5 Å². The van der Waals surface area contributed by atoms with Gasteiger partial charge >= 0.3 is 0 Å². The smallest absolute Gasteiger partial charge is 0.256 e. The van der Waals surface area contributed by atoms with Crippen molar-refractivity contribution >= 4 is 45.3 Å². The zero-order valence-corrected chi connectivity index (χ0v) is 12.2. The Balaban J connectivity index is 2.41. The zero-order valence-electron chi connectivity index (χ0n) is 9.90. The van der Waals surface area contributed by atoms with Crippen LogP contribution in [0.2, 0.25) is 5.02 Å². The number of carbonyl (C=O) groups is 2. The Morgan fingerprint density at radius 2 is 1.55 bits per heavy atom. The predicted octanol–water partition coefficient (Wildman–Crippen LogP) is 4.89. The van der Waals surface area contributed by atoms with Crippen molar-refractivity contribution in [2.45, 2.75) is 0 Å². The van der Waals surface area contributed by atoms with Gasteiger partial charge in [-0.3, -0.25) is 9.59 Å². The van der Waals surface area contributed by atoms with Crippen molar-refractivity contribution in [1.29, 1.82) is 0 Å². The predicted molar refractivity (Wildman–Crippen MR) is 78.3 cm³/mol. The quantitative estimate of drug-likeness (QED) is 0.750. The monoisotopic (exact) mass is 328 g/mol. The Morgan fingerprint density at radius 3 is 2.10 bits per heavy atom. The normalized spacial score (nSPS) is 10.2. The second-order valence-corrected chi connectivity index (χ2v) is 4.94. The molecule has 0 spiro atoms. The van der Waals surface area contributed by atoms with Gasteiger partial charge in [0.2, 0.25) is 0 Å². The van der Waals surface area contributed by atoms with Gasteiger partial charge in [-0.15, -0.1) is 0 Å². The molecule has 0 aliphatic carbocycles. The first kappa shape index (κ1) is 14.9. The summed E-state index contributed by atoms with van der Waals surface area (Å²) >= 11 is 16.6. The molecule has 2 aromatic rings.